The van der Waals surface area contributed by atoms with Crippen molar-refractivity contribution < 1.29 is 19.4 Å². The molecule has 4 heteroatoms. The third kappa shape index (κ3) is 2.10. The van der Waals surface area contributed by atoms with E-state index < -0.39 is 5.97 Å². The minimum absolute atomic E-state index is 0.00296. The Balaban J connectivity index is 2.17. The van der Waals surface area contributed by atoms with E-state index in [1.165, 1.54) is 0 Å². The summed E-state index contributed by atoms with van der Waals surface area (Å²) in [5, 5.41) is 8.68. The summed E-state index contributed by atoms with van der Waals surface area (Å²) in [5.41, 5.74) is 0.722. The first kappa shape index (κ1) is 10.8. The van der Waals surface area contributed by atoms with Crippen LogP contribution >= 0.6 is 0 Å². The van der Waals surface area contributed by atoms with Crippen LogP contribution in [-0.2, 0) is 11.2 Å². The van der Waals surface area contributed by atoms with Crippen LogP contribution in [0.4, 0.5) is 0 Å². The molecule has 1 N–H and O–H groups in total. The highest BCUT2D eigenvalue weighted by Gasteiger charge is 2.26. The summed E-state index contributed by atoms with van der Waals surface area (Å²) in [4.78, 5) is 10.6. The average molecular weight is 222 g/mol. The van der Waals surface area contributed by atoms with Crippen LogP contribution in [0, 0.1) is 5.92 Å². The summed E-state index contributed by atoms with van der Waals surface area (Å²) in [7, 11) is 0. The summed E-state index contributed by atoms with van der Waals surface area (Å²) in [6.07, 6.45) is -0.265. The predicted molar refractivity (Wildman–Crippen MR) is 57.7 cm³/mol. The van der Waals surface area contributed by atoms with Gasteiger partial charge in [0.05, 0.1) is 6.42 Å². The van der Waals surface area contributed by atoms with E-state index in [1.54, 1.807) is 18.2 Å². The van der Waals surface area contributed by atoms with Gasteiger partial charge in [0.15, 0.2) is 11.5 Å². The van der Waals surface area contributed by atoms with Crippen LogP contribution in [0.3, 0.4) is 0 Å². The molecule has 0 aliphatic carbocycles. The number of carboxylic acid groups (broad SMARTS) is 1. The van der Waals surface area contributed by atoms with E-state index in [1.807, 2.05) is 13.8 Å². The van der Waals surface area contributed by atoms with Crippen LogP contribution in [0.2, 0.25) is 0 Å². The Morgan fingerprint density at radius 3 is 2.69 bits per heavy atom. The van der Waals surface area contributed by atoms with Gasteiger partial charge in [0.25, 0.3) is 0 Å². The molecule has 1 atom stereocenters. The smallest absolute Gasteiger partial charge is 0.307 e. The standard InChI is InChI=1S/C12H14O4/c1-7(2)12-15-9-4-3-8(6-11(13)14)5-10(9)16-12/h3-5,7,12H,6H2,1-2H3,(H,13,14). The van der Waals surface area contributed by atoms with Crippen molar-refractivity contribution in [2.75, 3.05) is 0 Å². The van der Waals surface area contributed by atoms with Crippen molar-refractivity contribution in [3.05, 3.63) is 23.8 Å². The number of rotatable bonds is 3. The molecule has 1 unspecified atom stereocenters. The lowest BCUT2D eigenvalue weighted by Gasteiger charge is -2.12. The van der Waals surface area contributed by atoms with Crippen molar-refractivity contribution in [2.24, 2.45) is 5.92 Å². The molecule has 0 bridgehead atoms. The van der Waals surface area contributed by atoms with Gasteiger partial charge in [-0.15, -0.1) is 0 Å². The lowest BCUT2D eigenvalue weighted by molar-refractivity contribution is -0.136. The van der Waals surface area contributed by atoms with Gasteiger partial charge in [0, 0.05) is 5.92 Å². The van der Waals surface area contributed by atoms with E-state index >= 15 is 0 Å². The fourth-order valence-corrected chi connectivity index (χ4v) is 1.57. The lowest BCUT2D eigenvalue weighted by atomic mass is 10.1. The molecule has 16 heavy (non-hydrogen) atoms. The van der Waals surface area contributed by atoms with Gasteiger partial charge in [-0.25, -0.2) is 0 Å². The molecule has 86 valence electrons. The average Bonchev–Trinajstić information content (AvgIpc) is 2.59. The van der Waals surface area contributed by atoms with Crippen molar-refractivity contribution in [2.45, 2.75) is 26.6 Å². The Morgan fingerprint density at radius 1 is 1.38 bits per heavy atom. The van der Waals surface area contributed by atoms with Gasteiger partial charge < -0.3 is 14.6 Å². The van der Waals surface area contributed by atoms with Gasteiger partial charge in [-0.1, -0.05) is 19.9 Å². The van der Waals surface area contributed by atoms with Gasteiger partial charge in [-0.2, -0.15) is 0 Å². The van der Waals surface area contributed by atoms with Crippen LogP contribution in [0.1, 0.15) is 19.4 Å². The molecular weight excluding hydrogens is 208 g/mol. The maximum absolute atomic E-state index is 10.6. The maximum atomic E-state index is 10.6. The van der Waals surface area contributed by atoms with E-state index in [9.17, 15) is 4.79 Å². The number of ether oxygens (including phenoxy) is 2. The molecule has 0 saturated carbocycles. The zero-order valence-corrected chi connectivity index (χ0v) is 9.27. The van der Waals surface area contributed by atoms with Gasteiger partial charge >= 0.3 is 5.97 Å². The van der Waals surface area contributed by atoms with Gasteiger partial charge in [0.2, 0.25) is 6.29 Å². The number of fused-ring (bicyclic) bond motifs is 1. The molecule has 1 aliphatic rings. The summed E-state index contributed by atoms with van der Waals surface area (Å²) in [6, 6.07) is 5.24. The van der Waals surface area contributed by atoms with E-state index in [0.717, 1.165) is 5.56 Å². The predicted octanol–water partition coefficient (Wildman–Crippen LogP) is 2.07. The SMILES string of the molecule is CC(C)C1Oc2ccc(CC(=O)O)cc2O1. The number of carbonyl (C=O) groups is 1. The van der Waals surface area contributed by atoms with E-state index in [-0.39, 0.29) is 18.6 Å². The van der Waals surface area contributed by atoms with E-state index in [2.05, 4.69) is 0 Å². The highest BCUT2D eigenvalue weighted by molar-refractivity contribution is 5.70. The van der Waals surface area contributed by atoms with Crippen LogP contribution in [0.5, 0.6) is 11.5 Å². The van der Waals surface area contributed by atoms with Gasteiger partial charge in [0.1, 0.15) is 0 Å². The molecule has 0 radical (unpaired) electrons. The maximum Gasteiger partial charge on any atom is 0.307 e. The second kappa shape index (κ2) is 4.04. The number of carboxylic acids is 1. The van der Waals surface area contributed by atoms with Crippen LogP contribution < -0.4 is 9.47 Å². The summed E-state index contributed by atoms with van der Waals surface area (Å²) < 4.78 is 11.1. The molecule has 1 heterocycles. The normalized spacial score (nSPS) is 17.8. The number of benzene rings is 1. The Bertz CT molecular complexity index is 411. The Morgan fingerprint density at radius 2 is 2.06 bits per heavy atom. The van der Waals surface area contributed by atoms with E-state index in [4.69, 9.17) is 14.6 Å². The van der Waals surface area contributed by atoms with Crippen molar-refractivity contribution in [3.63, 3.8) is 0 Å². The van der Waals surface area contributed by atoms with Crippen molar-refractivity contribution >= 4 is 5.97 Å². The highest BCUT2D eigenvalue weighted by atomic mass is 16.7. The monoisotopic (exact) mass is 222 g/mol. The summed E-state index contributed by atoms with van der Waals surface area (Å²) in [6.45, 7) is 4.02. The number of aliphatic carboxylic acids is 1. The Hall–Kier alpha value is -1.71. The first-order valence-electron chi connectivity index (χ1n) is 5.24. The van der Waals surface area contributed by atoms with Crippen molar-refractivity contribution in [1.29, 1.82) is 0 Å². The third-order valence-electron chi connectivity index (χ3n) is 2.39. The zero-order valence-electron chi connectivity index (χ0n) is 9.27. The van der Waals surface area contributed by atoms with Gasteiger partial charge in [-0.05, 0) is 17.7 Å². The fourth-order valence-electron chi connectivity index (χ4n) is 1.57. The minimum atomic E-state index is -0.848. The quantitative estimate of drug-likeness (QED) is 0.850. The molecule has 1 aromatic rings. The number of hydrogen-bond acceptors (Lipinski definition) is 3. The third-order valence-corrected chi connectivity index (χ3v) is 2.39. The zero-order chi connectivity index (χ0) is 11.7. The molecule has 0 saturated heterocycles. The van der Waals surface area contributed by atoms with E-state index in [0.29, 0.717) is 11.5 Å². The Kier molecular flexibility index (Phi) is 2.73. The molecule has 1 aromatic carbocycles. The van der Waals surface area contributed by atoms with Crippen LogP contribution in [-0.4, -0.2) is 17.4 Å². The first-order valence-corrected chi connectivity index (χ1v) is 5.24. The largest absolute Gasteiger partial charge is 0.481 e. The summed E-state index contributed by atoms with van der Waals surface area (Å²) in [5.74, 6) is 0.736. The molecule has 1 aliphatic heterocycles. The van der Waals surface area contributed by atoms with Crippen molar-refractivity contribution in [1.82, 2.24) is 0 Å². The fraction of sp³-hybridized carbons (Fsp3) is 0.417. The lowest BCUT2D eigenvalue weighted by Crippen LogP contribution is -2.24. The Labute approximate surface area is 93.8 Å². The number of hydrogen-bond donors (Lipinski definition) is 1. The van der Waals surface area contributed by atoms with Gasteiger partial charge in [-0.3, -0.25) is 4.79 Å². The second-order valence-corrected chi connectivity index (χ2v) is 4.20. The molecule has 4 nitrogen and oxygen atoms in total. The van der Waals surface area contributed by atoms with Crippen LogP contribution in [0.15, 0.2) is 18.2 Å². The molecule has 2 rings (SSSR count). The summed E-state index contributed by atoms with van der Waals surface area (Å²) >= 11 is 0. The molecule has 0 fully saturated rings. The molecule has 0 amide bonds. The first-order chi connectivity index (χ1) is 7.56. The molecule has 0 spiro atoms. The molecule has 0 aromatic heterocycles. The molecular formula is C12H14O4. The highest BCUT2D eigenvalue weighted by Crippen LogP contribution is 2.37. The topological polar surface area (TPSA) is 55.8 Å². The minimum Gasteiger partial charge on any atom is -0.481 e. The van der Waals surface area contributed by atoms with Crippen molar-refractivity contribution in [3.8, 4) is 11.5 Å². The second-order valence-electron chi connectivity index (χ2n) is 4.20. The van der Waals surface area contributed by atoms with Crippen LogP contribution in [0.25, 0.3) is 0 Å².